The van der Waals surface area contributed by atoms with Gasteiger partial charge in [-0.3, -0.25) is 0 Å². The van der Waals surface area contributed by atoms with Gasteiger partial charge < -0.3 is 15.6 Å². The lowest BCUT2D eigenvalue weighted by atomic mass is 9.82. The van der Waals surface area contributed by atoms with Crippen LogP contribution in [0, 0.1) is 0 Å². The predicted octanol–water partition coefficient (Wildman–Crippen LogP) is 3.42. The Hall–Kier alpha value is -1.84. The average Bonchev–Trinajstić information content (AvgIpc) is 3.03. The van der Waals surface area contributed by atoms with Gasteiger partial charge in [0.05, 0.1) is 6.04 Å². The van der Waals surface area contributed by atoms with Crippen molar-refractivity contribution < 1.29 is 9.84 Å². The molecule has 1 spiro atoms. The Morgan fingerprint density at radius 2 is 1.73 bits per heavy atom. The molecule has 0 amide bonds. The third-order valence-corrected chi connectivity index (χ3v) is 5.15. The number of aliphatic hydroxyl groups is 1. The third kappa shape index (κ3) is 2.04. The van der Waals surface area contributed by atoms with E-state index in [1.807, 2.05) is 30.3 Å². The molecule has 1 aliphatic carbocycles. The first-order valence-electron chi connectivity index (χ1n) is 8.02. The van der Waals surface area contributed by atoms with E-state index in [9.17, 15) is 5.11 Å². The minimum Gasteiger partial charge on any atom is -0.485 e. The summed E-state index contributed by atoms with van der Waals surface area (Å²) in [6, 6.07) is 15.9. The van der Waals surface area contributed by atoms with Crippen molar-refractivity contribution in [2.24, 2.45) is 5.73 Å². The lowest BCUT2D eigenvalue weighted by molar-refractivity contribution is -0.0315. The molecule has 0 saturated heterocycles. The van der Waals surface area contributed by atoms with Crippen molar-refractivity contribution in [3.8, 4) is 16.9 Å². The topological polar surface area (TPSA) is 55.5 Å². The first-order chi connectivity index (χ1) is 10.7. The molecule has 4 rings (SSSR count). The maximum absolute atomic E-state index is 10.7. The maximum Gasteiger partial charge on any atom is 0.127 e. The van der Waals surface area contributed by atoms with Gasteiger partial charge in [-0.2, -0.15) is 0 Å². The van der Waals surface area contributed by atoms with E-state index in [4.69, 9.17) is 10.5 Å². The van der Waals surface area contributed by atoms with Crippen LogP contribution in [0.25, 0.3) is 11.1 Å². The molecule has 3 N–H and O–H groups in total. The van der Waals surface area contributed by atoms with E-state index in [2.05, 4.69) is 18.2 Å². The van der Waals surface area contributed by atoms with Crippen LogP contribution in [-0.4, -0.2) is 16.7 Å². The molecule has 22 heavy (non-hydrogen) atoms. The number of fused-ring (bicyclic) bond motifs is 1. The van der Waals surface area contributed by atoms with Crippen molar-refractivity contribution >= 4 is 0 Å². The van der Waals surface area contributed by atoms with Gasteiger partial charge in [-0.1, -0.05) is 36.4 Å². The fourth-order valence-electron chi connectivity index (χ4n) is 3.86. The number of rotatable bonds is 1. The predicted molar refractivity (Wildman–Crippen MR) is 86.6 cm³/mol. The van der Waals surface area contributed by atoms with E-state index in [-0.39, 0.29) is 11.6 Å². The van der Waals surface area contributed by atoms with Crippen molar-refractivity contribution in [2.45, 2.75) is 43.4 Å². The van der Waals surface area contributed by atoms with Gasteiger partial charge in [0.2, 0.25) is 0 Å². The zero-order valence-corrected chi connectivity index (χ0v) is 12.5. The molecule has 2 atom stereocenters. The third-order valence-electron chi connectivity index (χ3n) is 5.15. The van der Waals surface area contributed by atoms with Crippen LogP contribution in [0.15, 0.2) is 48.5 Å². The minimum absolute atomic E-state index is 0.353. The van der Waals surface area contributed by atoms with Crippen LogP contribution in [0.3, 0.4) is 0 Å². The van der Waals surface area contributed by atoms with Gasteiger partial charge >= 0.3 is 0 Å². The zero-order chi connectivity index (χ0) is 15.2. The highest BCUT2D eigenvalue weighted by atomic mass is 16.5. The molecule has 2 aromatic rings. The molecule has 0 bridgehead atoms. The summed E-state index contributed by atoms with van der Waals surface area (Å²) in [6.45, 7) is 0. The smallest absolute Gasteiger partial charge is 0.127 e. The Morgan fingerprint density at radius 3 is 2.45 bits per heavy atom. The number of benzene rings is 2. The molecule has 2 aromatic carbocycles. The van der Waals surface area contributed by atoms with Gasteiger partial charge in [-0.15, -0.1) is 0 Å². The van der Waals surface area contributed by atoms with Gasteiger partial charge in [0, 0.05) is 5.56 Å². The molecule has 3 nitrogen and oxygen atoms in total. The van der Waals surface area contributed by atoms with E-state index in [0.717, 1.165) is 48.1 Å². The molecule has 0 radical (unpaired) electrons. The Bertz CT molecular complexity index is 677. The Labute approximate surface area is 130 Å². The second-order valence-electron chi connectivity index (χ2n) is 6.46. The number of nitrogens with two attached hydrogens (primary N) is 1. The summed E-state index contributed by atoms with van der Waals surface area (Å²) in [5.41, 5.74) is 9.00. The number of hydrogen-bond donors (Lipinski definition) is 2. The van der Waals surface area contributed by atoms with Crippen LogP contribution in [0.1, 0.15) is 37.4 Å². The van der Waals surface area contributed by atoms with E-state index in [1.54, 1.807) is 0 Å². The van der Waals surface area contributed by atoms with Gasteiger partial charge in [0.15, 0.2) is 0 Å². The van der Waals surface area contributed by atoms with Crippen LogP contribution in [0.5, 0.6) is 5.75 Å². The summed E-state index contributed by atoms with van der Waals surface area (Å²) in [6.07, 6.45) is 3.46. The Kier molecular flexibility index (Phi) is 3.21. The van der Waals surface area contributed by atoms with Gasteiger partial charge in [-0.05, 0) is 48.9 Å². The minimum atomic E-state index is -0.662. The normalized spacial score (nSPS) is 25.7. The largest absolute Gasteiger partial charge is 0.485 e. The summed E-state index contributed by atoms with van der Waals surface area (Å²) in [4.78, 5) is 0. The van der Waals surface area contributed by atoms with Crippen molar-refractivity contribution in [1.82, 2.24) is 0 Å². The lowest BCUT2D eigenvalue weighted by Gasteiger charge is -2.43. The molecule has 1 heterocycles. The second kappa shape index (κ2) is 5.11. The Morgan fingerprint density at radius 1 is 1.00 bits per heavy atom. The van der Waals surface area contributed by atoms with Crippen LogP contribution in [0.2, 0.25) is 0 Å². The number of ether oxygens (including phenoxy) is 1. The summed E-state index contributed by atoms with van der Waals surface area (Å²) in [7, 11) is 0. The zero-order valence-electron chi connectivity index (χ0n) is 12.5. The molecular formula is C19H21NO2. The molecule has 1 saturated carbocycles. The average molecular weight is 295 g/mol. The highest BCUT2D eigenvalue weighted by molar-refractivity contribution is 5.66. The quantitative estimate of drug-likeness (QED) is 0.847. The summed E-state index contributed by atoms with van der Waals surface area (Å²) >= 11 is 0. The first-order valence-corrected chi connectivity index (χ1v) is 8.02. The highest BCUT2D eigenvalue weighted by Crippen LogP contribution is 2.47. The molecule has 1 aliphatic heterocycles. The fraction of sp³-hybridized carbons (Fsp3) is 0.368. The van der Waals surface area contributed by atoms with Crippen molar-refractivity contribution in [3.63, 3.8) is 0 Å². The van der Waals surface area contributed by atoms with Crippen LogP contribution < -0.4 is 10.5 Å². The van der Waals surface area contributed by atoms with E-state index in [0.29, 0.717) is 0 Å². The monoisotopic (exact) mass is 295 g/mol. The SMILES string of the molecule is NC1C(O)c2cc(-c3ccccc3)ccc2OC12CCCC2. The Balaban J connectivity index is 1.76. The first kappa shape index (κ1) is 13.8. The van der Waals surface area contributed by atoms with Crippen LogP contribution in [-0.2, 0) is 0 Å². The fourth-order valence-corrected chi connectivity index (χ4v) is 3.86. The molecule has 114 valence electrons. The summed E-state index contributed by atoms with van der Waals surface area (Å²) in [5, 5.41) is 10.7. The van der Waals surface area contributed by atoms with Crippen molar-refractivity contribution in [1.29, 1.82) is 0 Å². The summed E-state index contributed by atoms with van der Waals surface area (Å²) < 4.78 is 6.27. The van der Waals surface area contributed by atoms with Gasteiger partial charge in [-0.25, -0.2) is 0 Å². The molecule has 0 aromatic heterocycles. The van der Waals surface area contributed by atoms with E-state index >= 15 is 0 Å². The number of aliphatic hydroxyl groups excluding tert-OH is 1. The van der Waals surface area contributed by atoms with Gasteiger partial charge in [0.25, 0.3) is 0 Å². The van der Waals surface area contributed by atoms with Crippen molar-refractivity contribution in [3.05, 3.63) is 54.1 Å². The standard InChI is InChI=1S/C19H21NO2/c20-18-17(21)15-12-14(13-6-2-1-3-7-13)8-9-16(15)22-19(18)10-4-5-11-19/h1-3,6-9,12,17-18,21H,4-5,10-11,20H2. The number of hydrogen-bond acceptors (Lipinski definition) is 3. The molecule has 2 unspecified atom stereocenters. The lowest BCUT2D eigenvalue weighted by Crippen LogP contribution is -2.56. The molecule has 3 heteroatoms. The maximum atomic E-state index is 10.7. The highest BCUT2D eigenvalue weighted by Gasteiger charge is 2.49. The second-order valence-corrected chi connectivity index (χ2v) is 6.46. The van der Waals surface area contributed by atoms with Crippen LogP contribution in [0.4, 0.5) is 0 Å². The van der Waals surface area contributed by atoms with Gasteiger partial charge in [0.1, 0.15) is 17.5 Å². The van der Waals surface area contributed by atoms with E-state index in [1.165, 1.54) is 0 Å². The van der Waals surface area contributed by atoms with Crippen molar-refractivity contribution in [2.75, 3.05) is 0 Å². The molecule has 2 aliphatic rings. The van der Waals surface area contributed by atoms with E-state index < -0.39 is 6.10 Å². The van der Waals surface area contributed by atoms with Crippen LogP contribution >= 0.6 is 0 Å². The molecular weight excluding hydrogens is 274 g/mol. The molecule has 1 fully saturated rings. The summed E-state index contributed by atoms with van der Waals surface area (Å²) in [5.74, 6) is 0.788.